The monoisotopic (exact) mass is 584 g/mol. The zero-order chi connectivity index (χ0) is 30.4. The Morgan fingerprint density at radius 1 is 0.857 bits per heavy atom. The van der Waals surface area contributed by atoms with Gasteiger partial charge in [0.2, 0.25) is 0 Å². The van der Waals surface area contributed by atoms with Crippen molar-refractivity contribution < 1.29 is 27.0 Å². The van der Waals surface area contributed by atoms with Crippen molar-refractivity contribution in [1.29, 1.82) is 5.41 Å². The first-order chi connectivity index (χ1) is 19.9. The summed E-state index contributed by atoms with van der Waals surface area (Å²) in [5.74, 6) is -2.03. The Morgan fingerprint density at radius 2 is 1.43 bits per heavy atom. The van der Waals surface area contributed by atoms with Gasteiger partial charge in [-0.05, 0) is 60.0 Å². The molecule has 0 bridgehead atoms. The number of amidine groups is 1. The van der Waals surface area contributed by atoms with E-state index in [-0.39, 0.29) is 17.0 Å². The van der Waals surface area contributed by atoms with Crippen LogP contribution in [0.4, 0.5) is 10.5 Å². The van der Waals surface area contributed by atoms with Gasteiger partial charge in [-0.3, -0.25) is 15.1 Å². The van der Waals surface area contributed by atoms with Crippen molar-refractivity contribution in [3.63, 3.8) is 0 Å². The van der Waals surface area contributed by atoms with E-state index in [0.29, 0.717) is 27.9 Å². The van der Waals surface area contributed by atoms with Crippen LogP contribution in [0.2, 0.25) is 0 Å². The summed E-state index contributed by atoms with van der Waals surface area (Å²) in [4.78, 5) is 41.6. The molecule has 42 heavy (non-hydrogen) atoms. The van der Waals surface area contributed by atoms with Gasteiger partial charge in [-0.1, -0.05) is 66.7 Å². The summed E-state index contributed by atoms with van der Waals surface area (Å²) in [5, 5.41) is 10.3. The fourth-order valence-corrected chi connectivity index (χ4v) is 4.64. The summed E-state index contributed by atoms with van der Waals surface area (Å²) in [6, 6.07) is 26.6. The van der Waals surface area contributed by atoms with Crippen molar-refractivity contribution in [3.05, 3.63) is 125 Å². The number of nitrogens with two attached hydrogens (primary N) is 1. The number of hydrogen-bond donors (Lipinski definition) is 3. The van der Waals surface area contributed by atoms with Crippen molar-refractivity contribution in [2.45, 2.75) is 13.0 Å². The maximum Gasteiger partial charge on any atom is 0.354 e. The molecule has 1 unspecified atom stereocenters. The number of urea groups is 1. The van der Waals surface area contributed by atoms with Crippen LogP contribution in [0, 0.1) is 5.41 Å². The minimum absolute atomic E-state index is 0.0417. The average Bonchev–Trinajstić information content (AvgIpc) is 2.97. The molecule has 0 aliphatic rings. The number of carbonyl (C=O) groups is 3. The predicted octanol–water partition coefficient (Wildman–Crippen LogP) is 5.19. The van der Waals surface area contributed by atoms with Crippen molar-refractivity contribution in [2.24, 2.45) is 5.73 Å². The molecule has 0 saturated carbocycles. The first-order valence-electron chi connectivity index (χ1n) is 12.7. The zero-order valence-electron chi connectivity index (χ0n) is 22.8. The largest absolute Gasteiger partial charge is 0.384 e. The van der Waals surface area contributed by atoms with E-state index in [1.807, 2.05) is 0 Å². The lowest BCUT2D eigenvalue weighted by molar-refractivity contribution is 0.0749. The molecule has 1 atom stereocenters. The maximum atomic E-state index is 14.0. The van der Waals surface area contributed by atoms with Gasteiger partial charge < -0.3 is 15.2 Å². The van der Waals surface area contributed by atoms with Crippen LogP contribution in [0.5, 0.6) is 0 Å². The maximum absolute atomic E-state index is 14.0. The first-order valence-corrected chi connectivity index (χ1v) is 14.5. The lowest BCUT2D eigenvalue weighted by Crippen LogP contribution is -2.41. The molecule has 0 radical (unpaired) electrons. The van der Waals surface area contributed by atoms with Gasteiger partial charge in [-0.25, -0.2) is 9.59 Å². The number of rotatable bonds is 8. The lowest BCUT2D eigenvalue weighted by atomic mass is 9.96. The van der Waals surface area contributed by atoms with Crippen LogP contribution in [0.15, 0.2) is 103 Å². The van der Waals surface area contributed by atoms with Gasteiger partial charge in [-0.2, -0.15) is 8.42 Å². The van der Waals surface area contributed by atoms with Gasteiger partial charge in [0.1, 0.15) is 5.84 Å². The molecule has 4 N–H and O–H groups in total. The summed E-state index contributed by atoms with van der Waals surface area (Å²) in [6.45, 7) is 1.68. The molecule has 4 rings (SSSR count). The normalized spacial score (nSPS) is 11.7. The number of nitrogens with zero attached hydrogens (tertiary/aromatic N) is 1. The van der Waals surface area contributed by atoms with Crippen LogP contribution in [0.25, 0.3) is 11.1 Å². The van der Waals surface area contributed by atoms with Gasteiger partial charge in [0.05, 0.1) is 17.9 Å². The molecule has 0 aliphatic carbocycles. The van der Waals surface area contributed by atoms with Gasteiger partial charge in [-0.15, -0.1) is 0 Å². The Morgan fingerprint density at radius 3 is 2.00 bits per heavy atom. The predicted molar refractivity (Wildman–Crippen MR) is 160 cm³/mol. The third-order valence-electron chi connectivity index (χ3n) is 6.35. The van der Waals surface area contributed by atoms with E-state index in [4.69, 9.17) is 11.1 Å². The zero-order valence-corrected chi connectivity index (χ0v) is 23.6. The number of amides is 3. The number of benzene rings is 4. The van der Waals surface area contributed by atoms with Gasteiger partial charge >= 0.3 is 22.1 Å². The smallest absolute Gasteiger partial charge is 0.354 e. The van der Waals surface area contributed by atoms with Crippen LogP contribution >= 0.6 is 0 Å². The Kier molecular flexibility index (Phi) is 8.82. The number of anilines is 1. The number of hydrogen-bond acceptors (Lipinski definition) is 7. The highest BCUT2D eigenvalue weighted by Crippen LogP contribution is 2.29. The molecular weight excluding hydrogens is 556 g/mol. The molecule has 3 amide bonds. The van der Waals surface area contributed by atoms with E-state index in [1.54, 1.807) is 91.9 Å². The van der Waals surface area contributed by atoms with E-state index < -0.39 is 34.1 Å². The van der Waals surface area contributed by atoms with Crippen molar-refractivity contribution in [2.75, 3.05) is 11.6 Å². The fourth-order valence-electron chi connectivity index (χ4n) is 4.28. The highest BCUT2D eigenvalue weighted by Gasteiger charge is 2.31. The van der Waals surface area contributed by atoms with Crippen molar-refractivity contribution >= 4 is 39.5 Å². The Labute approximate surface area is 243 Å². The third-order valence-corrected chi connectivity index (χ3v) is 6.81. The van der Waals surface area contributed by atoms with Gasteiger partial charge in [0.25, 0.3) is 5.91 Å². The van der Waals surface area contributed by atoms with Crippen LogP contribution in [-0.2, 0) is 14.3 Å². The molecule has 10 nitrogen and oxygen atoms in total. The van der Waals surface area contributed by atoms with Crippen LogP contribution < -0.4 is 11.1 Å². The Hall–Kier alpha value is -5.29. The lowest BCUT2D eigenvalue weighted by Gasteiger charge is -2.28. The van der Waals surface area contributed by atoms with E-state index in [2.05, 4.69) is 9.50 Å². The summed E-state index contributed by atoms with van der Waals surface area (Å²) in [7, 11) is -4.16. The number of nitrogen functional groups attached to an aromatic ring is 1. The molecule has 214 valence electrons. The van der Waals surface area contributed by atoms with Gasteiger partial charge in [0.15, 0.2) is 0 Å². The van der Waals surface area contributed by atoms with Gasteiger partial charge in [0, 0.05) is 16.8 Å². The molecule has 0 heterocycles. The molecule has 0 fully saturated rings. The van der Waals surface area contributed by atoms with E-state index in [0.717, 1.165) is 11.2 Å². The van der Waals surface area contributed by atoms with Crippen LogP contribution in [0.3, 0.4) is 0 Å². The first kappa shape index (κ1) is 29.7. The quantitative estimate of drug-likeness (QED) is 0.146. The molecule has 4 aromatic rings. The van der Waals surface area contributed by atoms with E-state index >= 15 is 0 Å². The molecule has 0 aliphatic heterocycles. The second kappa shape index (κ2) is 12.5. The topological polar surface area (TPSA) is 160 Å². The molecular formula is C31H28N4O6S. The van der Waals surface area contributed by atoms with E-state index in [9.17, 15) is 22.8 Å². The summed E-state index contributed by atoms with van der Waals surface area (Å²) in [6.07, 6.45) is 0.749. The average molecular weight is 585 g/mol. The Balaban J connectivity index is 1.77. The second-order valence-electron chi connectivity index (χ2n) is 9.38. The second-order valence-corrected chi connectivity index (χ2v) is 11.0. The number of nitrogens with one attached hydrogen (secondary N) is 2. The number of carbonyl (C=O) groups excluding carboxylic acids is 3. The molecule has 0 aromatic heterocycles. The SMILES string of the molecule is CC(c1ccccc1)N(C(=O)Nc1ccc(C(=N)N)cc1)C(=O)c1ccc(-c2ccccc2)c(C(=O)OS(C)(=O)=O)c1. The summed E-state index contributed by atoms with van der Waals surface area (Å²) < 4.78 is 28.2. The summed E-state index contributed by atoms with van der Waals surface area (Å²) in [5.41, 5.74) is 7.75. The highest BCUT2D eigenvalue weighted by molar-refractivity contribution is 7.86. The molecule has 11 heteroatoms. The van der Waals surface area contributed by atoms with Crippen LogP contribution in [-0.4, -0.2) is 43.3 Å². The molecule has 0 saturated heterocycles. The minimum atomic E-state index is -4.16. The molecule has 4 aromatic carbocycles. The summed E-state index contributed by atoms with van der Waals surface area (Å²) >= 11 is 0. The van der Waals surface area contributed by atoms with Crippen molar-refractivity contribution in [3.8, 4) is 11.1 Å². The molecule has 0 spiro atoms. The minimum Gasteiger partial charge on any atom is -0.384 e. The van der Waals surface area contributed by atoms with Crippen LogP contribution in [0.1, 0.15) is 44.8 Å². The number of imide groups is 1. The van der Waals surface area contributed by atoms with E-state index in [1.165, 1.54) is 18.2 Å². The van der Waals surface area contributed by atoms with Crippen molar-refractivity contribution in [1.82, 2.24) is 4.90 Å². The fraction of sp³-hybridized carbons (Fsp3) is 0.0968. The highest BCUT2D eigenvalue weighted by atomic mass is 32.2. The Bertz CT molecular complexity index is 1740. The standard InChI is InChI=1S/C31H28N4O6S/c1-20(21-9-5-3-6-10-21)35(31(38)34-25-16-13-23(14-17-25)28(32)33)29(36)24-15-18-26(22-11-7-4-8-12-22)27(19-24)30(37)41-42(2,39)40/h3-20H,1-2H3,(H3,32,33)(H,34,38). The third kappa shape index (κ3) is 7.07.